The monoisotopic (exact) mass is 276 g/mol. The molecule has 17 heavy (non-hydrogen) atoms. The molecule has 0 amide bonds. The van der Waals surface area contributed by atoms with E-state index in [0.29, 0.717) is 6.42 Å². The highest BCUT2D eigenvalue weighted by molar-refractivity contribution is 7.92. The van der Waals surface area contributed by atoms with Crippen molar-refractivity contribution in [1.82, 2.24) is 10.3 Å². The molecule has 0 aliphatic carbocycles. The topological polar surface area (TPSA) is 59.1 Å². The Morgan fingerprint density at radius 2 is 2.18 bits per heavy atom. The molecule has 98 valence electrons. The third-order valence-electron chi connectivity index (χ3n) is 3.13. The predicted molar refractivity (Wildman–Crippen MR) is 72.2 cm³/mol. The molecule has 0 aromatic carbocycles. The molecule has 0 aliphatic heterocycles. The van der Waals surface area contributed by atoms with E-state index in [0.717, 1.165) is 11.4 Å². The third-order valence-corrected chi connectivity index (χ3v) is 6.13. The highest BCUT2D eigenvalue weighted by Crippen LogP contribution is 2.24. The molecular formula is C11H20N2O2S2. The molecule has 4 nitrogen and oxygen atoms in total. The lowest BCUT2D eigenvalue weighted by atomic mass is 9.99. The standard InChI is InChI=1S/C11H20N2O2S2/c1-5-13-10(6-9-7-12-8-16-9)11(2,3)17(4,14)15/h7-8,10,13H,5-6H2,1-4H3. The molecule has 0 fully saturated rings. The van der Waals surface area contributed by atoms with Gasteiger partial charge in [-0.3, -0.25) is 4.98 Å². The molecule has 1 heterocycles. The predicted octanol–water partition coefficient (Wildman–Crippen LogP) is 1.49. The van der Waals surface area contributed by atoms with Gasteiger partial charge in [-0.2, -0.15) is 0 Å². The number of likely N-dealkylation sites (N-methyl/N-ethyl adjacent to an activating group) is 1. The normalized spacial score (nSPS) is 14.8. The lowest BCUT2D eigenvalue weighted by molar-refractivity contribution is 0.415. The van der Waals surface area contributed by atoms with Crippen molar-refractivity contribution in [3.8, 4) is 0 Å². The fraction of sp³-hybridized carbons (Fsp3) is 0.727. The van der Waals surface area contributed by atoms with E-state index in [1.807, 2.05) is 6.92 Å². The van der Waals surface area contributed by atoms with E-state index in [9.17, 15) is 8.42 Å². The van der Waals surface area contributed by atoms with Crippen LogP contribution in [0.2, 0.25) is 0 Å². The molecule has 0 bridgehead atoms. The van der Waals surface area contributed by atoms with Gasteiger partial charge in [0, 0.05) is 29.8 Å². The van der Waals surface area contributed by atoms with Crippen molar-refractivity contribution in [2.45, 2.75) is 38.0 Å². The van der Waals surface area contributed by atoms with Crippen molar-refractivity contribution in [2.75, 3.05) is 12.8 Å². The molecule has 0 saturated heterocycles. The van der Waals surface area contributed by atoms with Crippen LogP contribution in [0.5, 0.6) is 0 Å². The highest BCUT2D eigenvalue weighted by atomic mass is 32.2. The first-order chi connectivity index (χ1) is 7.79. The second-order valence-electron chi connectivity index (χ2n) is 4.66. The average molecular weight is 276 g/mol. The van der Waals surface area contributed by atoms with Crippen LogP contribution in [-0.2, 0) is 16.3 Å². The third kappa shape index (κ3) is 3.50. The summed E-state index contributed by atoms with van der Waals surface area (Å²) in [5.41, 5.74) is 1.77. The SMILES string of the molecule is CCNC(Cc1cncs1)C(C)(C)S(C)(=O)=O. The number of nitrogens with one attached hydrogen (secondary N) is 1. The first kappa shape index (κ1) is 14.6. The highest BCUT2D eigenvalue weighted by Gasteiger charge is 2.38. The first-order valence-corrected chi connectivity index (χ1v) is 8.36. The van der Waals surface area contributed by atoms with Crippen LogP contribution >= 0.6 is 11.3 Å². The summed E-state index contributed by atoms with van der Waals surface area (Å²) in [6.07, 6.45) is 3.79. The van der Waals surface area contributed by atoms with E-state index >= 15 is 0 Å². The number of rotatable bonds is 6. The number of nitrogens with zero attached hydrogens (tertiary/aromatic N) is 1. The number of aromatic nitrogens is 1. The summed E-state index contributed by atoms with van der Waals surface area (Å²) in [6.45, 7) is 6.29. The summed E-state index contributed by atoms with van der Waals surface area (Å²) in [5, 5.41) is 3.27. The molecule has 1 aromatic rings. The van der Waals surface area contributed by atoms with Crippen molar-refractivity contribution in [3.63, 3.8) is 0 Å². The minimum absolute atomic E-state index is 0.0945. The molecule has 0 aliphatic rings. The van der Waals surface area contributed by atoms with E-state index < -0.39 is 14.6 Å². The maximum Gasteiger partial charge on any atom is 0.154 e. The smallest absolute Gasteiger partial charge is 0.154 e. The van der Waals surface area contributed by atoms with Crippen LogP contribution in [0.4, 0.5) is 0 Å². The molecule has 1 rings (SSSR count). The van der Waals surface area contributed by atoms with Crippen molar-refractivity contribution < 1.29 is 8.42 Å². The van der Waals surface area contributed by atoms with Gasteiger partial charge < -0.3 is 5.32 Å². The average Bonchev–Trinajstić information content (AvgIpc) is 2.68. The molecule has 0 spiro atoms. The quantitative estimate of drug-likeness (QED) is 0.855. The Morgan fingerprint density at radius 1 is 1.53 bits per heavy atom. The van der Waals surface area contributed by atoms with Crippen molar-refractivity contribution in [3.05, 3.63) is 16.6 Å². The van der Waals surface area contributed by atoms with E-state index in [4.69, 9.17) is 0 Å². The van der Waals surface area contributed by atoms with Crippen molar-refractivity contribution >= 4 is 21.2 Å². The first-order valence-electron chi connectivity index (χ1n) is 5.59. The van der Waals surface area contributed by atoms with Crippen LogP contribution < -0.4 is 5.32 Å². The Bertz CT molecular complexity index is 438. The van der Waals surface area contributed by atoms with E-state index in [1.165, 1.54) is 6.26 Å². The van der Waals surface area contributed by atoms with Gasteiger partial charge >= 0.3 is 0 Å². The number of hydrogen-bond donors (Lipinski definition) is 1. The zero-order valence-corrected chi connectivity index (χ0v) is 12.4. The zero-order chi connectivity index (χ0) is 13.1. The van der Waals surface area contributed by atoms with Gasteiger partial charge in [0.2, 0.25) is 0 Å². The Kier molecular flexibility index (Phi) is 4.69. The second-order valence-corrected chi connectivity index (χ2v) is 8.23. The molecule has 1 N–H and O–H groups in total. The molecule has 0 saturated carbocycles. The van der Waals surface area contributed by atoms with Crippen LogP contribution in [0.25, 0.3) is 0 Å². The second kappa shape index (κ2) is 5.46. The fourth-order valence-electron chi connectivity index (χ4n) is 1.61. The Balaban J connectivity index is 2.93. The summed E-state index contributed by atoms with van der Waals surface area (Å²) < 4.78 is 22.9. The van der Waals surface area contributed by atoms with Gasteiger partial charge in [0.05, 0.1) is 10.3 Å². The van der Waals surface area contributed by atoms with Gasteiger partial charge in [-0.1, -0.05) is 6.92 Å². The molecule has 1 atom stereocenters. The molecule has 6 heteroatoms. The van der Waals surface area contributed by atoms with Crippen LogP contribution in [0.1, 0.15) is 25.6 Å². The van der Waals surface area contributed by atoms with Crippen LogP contribution in [-0.4, -0.2) is 37.0 Å². The van der Waals surface area contributed by atoms with Crippen molar-refractivity contribution in [2.24, 2.45) is 0 Å². The lowest BCUT2D eigenvalue weighted by Crippen LogP contribution is -2.52. The Hall–Kier alpha value is -0.460. The van der Waals surface area contributed by atoms with E-state index in [1.54, 1.807) is 36.9 Å². The van der Waals surface area contributed by atoms with Crippen LogP contribution in [0.15, 0.2) is 11.7 Å². The van der Waals surface area contributed by atoms with Crippen LogP contribution in [0.3, 0.4) is 0 Å². The maximum atomic E-state index is 11.8. The lowest BCUT2D eigenvalue weighted by Gasteiger charge is -2.33. The van der Waals surface area contributed by atoms with Gasteiger partial charge in [0.25, 0.3) is 0 Å². The largest absolute Gasteiger partial charge is 0.312 e. The molecule has 0 radical (unpaired) electrons. The Morgan fingerprint density at radius 3 is 2.59 bits per heavy atom. The van der Waals surface area contributed by atoms with Crippen molar-refractivity contribution in [1.29, 1.82) is 0 Å². The van der Waals surface area contributed by atoms with Crippen LogP contribution in [0, 0.1) is 0 Å². The summed E-state index contributed by atoms with van der Waals surface area (Å²) in [5.74, 6) is 0. The maximum absolute atomic E-state index is 11.8. The summed E-state index contributed by atoms with van der Waals surface area (Å²) >= 11 is 1.56. The minimum Gasteiger partial charge on any atom is -0.312 e. The van der Waals surface area contributed by atoms with Gasteiger partial charge in [-0.25, -0.2) is 8.42 Å². The van der Waals surface area contributed by atoms with Gasteiger partial charge in [-0.05, 0) is 20.4 Å². The number of thiazole rings is 1. The number of hydrogen-bond acceptors (Lipinski definition) is 5. The fourth-order valence-corrected chi connectivity index (χ4v) is 2.94. The van der Waals surface area contributed by atoms with E-state index in [2.05, 4.69) is 10.3 Å². The summed E-state index contributed by atoms with van der Waals surface area (Å²) in [7, 11) is -3.11. The zero-order valence-electron chi connectivity index (χ0n) is 10.7. The van der Waals surface area contributed by atoms with E-state index in [-0.39, 0.29) is 6.04 Å². The minimum atomic E-state index is -3.11. The molecule has 1 aromatic heterocycles. The van der Waals surface area contributed by atoms with Gasteiger partial charge in [-0.15, -0.1) is 11.3 Å². The molecular weight excluding hydrogens is 256 g/mol. The molecule has 1 unspecified atom stereocenters. The summed E-state index contributed by atoms with van der Waals surface area (Å²) in [6, 6.07) is -0.0945. The Labute approximate surface area is 107 Å². The van der Waals surface area contributed by atoms with Gasteiger partial charge in [0.1, 0.15) is 0 Å². The summed E-state index contributed by atoms with van der Waals surface area (Å²) in [4.78, 5) is 5.13. The number of sulfone groups is 1. The van der Waals surface area contributed by atoms with Gasteiger partial charge in [0.15, 0.2) is 9.84 Å².